The van der Waals surface area contributed by atoms with Crippen molar-refractivity contribution in [2.75, 3.05) is 44.4 Å². The molecule has 7 nitrogen and oxygen atoms in total. The van der Waals surface area contributed by atoms with Crippen molar-refractivity contribution in [3.8, 4) is 5.75 Å². The van der Waals surface area contributed by atoms with Gasteiger partial charge in [-0.25, -0.2) is 8.42 Å². The van der Waals surface area contributed by atoms with E-state index in [1.807, 2.05) is 6.92 Å². The van der Waals surface area contributed by atoms with Gasteiger partial charge in [-0.05, 0) is 25.1 Å². The van der Waals surface area contributed by atoms with Crippen LogP contribution >= 0.6 is 0 Å². The normalized spacial score (nSPS) is 19.7. The van der Waals surface area contributed by atoms with E-state index in [0.717, 1.165) is 0 Å². The van der Waals surface area contributed by atoms with Gasteiger partial charge in [0.25, 0.3) is 5.91 Å². The summed E-state index contributed by atoms with van der Waals surface area (Å²) < 4.78 is 37.3. The second kappa shape index (κ2) is 5.86. The summed E-state index contributed by atoms with van der Waals surface area (Å²) in [5.74, 6) is 0.360. The summed E-state index contributed by atoms with van der Waals surface area (Å²) in [5.41, 5.74) is 0.507. The number of ether oxygens (including phenoxy) is 2. The molecule has 1 amide bonds. The number of morpholine rings is 1. The van der Waals surface area contributed by atoms with Crippen molar-refractivity contribution in [3.63, 3.8) is 0 Å². The summed E-state index contributed by atoms with van der Waals surface area (Å²) in [6.07, 6.45) is 0. The first-order chi connectivity index (χ1) is 10.5. The molecule has 0 unspecified atom stereocenters. The van der Waals surface area contributed by atoms with Crippen molar-refractivity contribution in [2.45, 2.75) is 11.8 Å². The number of hydrogen-bond acceptors (Lipinski definition) is 5. The van der Waals surface area contributed by atoms with Crippen LogP contribution in [0.15, 0.2) is 23.1 Å². The lowest BCUT2D eigenvalue weighted by Gasteiger charge is -2.30. The highest BCUT2D eigenvalue weighted by Crippen LogP contribution is 2.34. The first kappa shape index (κ1) is 15.3. The third kappa shape index (κ3) is 2.57. The SMILES string of the molecule is CCN1C(=O)COc2ccc(S(=O)(=O)N3CCOCC3)cc21. The van der Waals surface area contributed by atoms with E-state index in [9.17, 15) is 13.2 Å². The van der Waals surface area contributed by atoms with E-state index in [-0.39, 0.29) is 17.4 Å². The van der Waals surface area contributed by atoms with Crippen molar-refractivity contribution in [1.29, 1.82) is 0 Å². The highest BCUT2D eigenvalue weighted by Gasteiger charge is 2.30. The Morgan fingerprint density at radius 3 is 2.64 bits per heavy atom. The zero-order valence-electron chi connectivity index (χ0n) is 12.3. The average molecular weight is 326 g/mol. The summed E-state index contributed by atoms with van der Waals surface area (Å²) in [6, 6.07) is 4.64. The maximum atomic E-state index is 12.7. The monoisotopic (exact) mass is 326 g/mol. The van der Waals surface area contributed by atoms with Gasteiger partial charge in [0.15, 0.2) is 6.61 Å². The number of carbonyl (C=O) groups is 1. The van der Waals surface area contributed by atoms with Crippen LogP contribution in [0.5, 0.6) is 5.75 Å². The molecule has 22 heavy (non-hydrogen) atoms. The van der Waals surface area contributed by atoms with Gasteiger partial charge in [-0.15, -0.1) is 0 Å². The predicted molar refractivity (Wildman–Crippen MR) is 79.5 cm³/mol. The van der Waals surface area contributed by atoms with E-state index in [1.54, 1.807) is 6.07 Å². The zero-order valence-corrected chi connectivity index (χ0v) is 13.1. The second-order valence-electron chi connectivity index (χ2n) is 5.07. The third-order valence-electron chi connectivity index (χ3n) is 3.80. The molecule has 2 heterocycles. The van der Waals surface area contributed by atoms with Gasteiger partial charge in [0, 0.05) is 19.6 Å². The molecule has 0 aromatic heterocycles. The Bertz CT molecular complexity index is 682. The van der Waals surface area contributed by atoms with E-state index in [2.05, 4.69) is 0 Å². The molecule has 0 spiro atoms. The first-order valence-corrected chi connectivity index (χ1v) is 8.63. The van der Waals surface area contributed by atoms with Crippen molar-refractivity contribution in [2.24, 2.45) is 0 Å². The molecular weight excluding hydrogens is 308 g/mol. The molecule has 2 aliphatic rings. The van der Waals surface area contributed by atoms with Gasteiger partial charge in [-0.3, -0.25) is 4.79 Å². The molecular formula is C14H18N2O5S. The minimum absolute atomic E-state index is 0.0175. The Kier molecular flexibility index (Phi) is 4.07. The fourth-order valence-corrected chi connectivity index (χ4v) is 4.05. The van der Waals surface area contributed by atoms with Crippen LogP contribution in [0.25, 0.3) is 0 Å². The summed E-state index contributed by atoms with van der Waals surface area (Å²) in [7, 11) is -3.58. The summed E-state index contributed by atoms with van der Waals surface area (Å²) in [5, 5.41) is 0. The molecule has 0 radical (unpaired) electrons. The molecule has 0 bridgehead atoms. The average Bonchev–Trinajstić information content (AvgIpc) is 2.55. The smallest absolute Gasteiger partial charge is 0.265 e. The third-order valence-corrected chi connectivity index (χ3v) is 5.69. The van der Waals surface area contributed by atoms with E-state index >= 15 is 0 Å². The minimum atomic E-state index is -3.58. The maximum absolute atomic E-state index is 12.7. The largest absolute Gasteiger partial charge is 0.482 e. The van der Waals surface area contributed by atoms with Crippen LogP contribution in [0, 0.1) is 0 Å². The van der Waals surface area contributed by atoms with Gasteiger partial charge in [0.2, 0.25) is 10.0 Å². The molecule has 0 N–H and O–H groups in total. The number of carbonyl (C=O) groups excluding carboxylic acids is 1. The number of fused-ring (bicyclic) bond motifs is 1. The lowest BCUT2D eigenvalue weighted by molar-refractivity contribution is -0.121. The van der Waals surface area contributed by atoms with Gasteiger partial charge < -0.3 is 14.4 Å². The van der Waals surface area contributed by atoms with Crippen LogP contribution < -0.4 is 9.64 Å². The van der Waals surface area contributed by atoms with Crippen molar-refractivity contribution >= 4 is 21.6 Å². The van der Waals surface area contributed by atoms with Crippen LogP contribution in [-0.4, -0.2) is 58.1 Å². The second-order valence-corrected chi connectivity index (χ2v) is 7.01. The summed E-state index contributed by atoms with van der Waals surface area (Å²) in [4.78, 5) is 13.6. The zero-order chi connectivity index (χ0) is 15.7. The Morgan fingerprint density at radius 2 is 1.95 bits per heavy atom. The van der Waals surface area contributed by atoms with Crippen molar-refractivity contribution in [1.82, 2.24) is 4.31 Å². The van der Waals surface area contributed by atoms with E-state index in [0.29, 0.717) is 44.3 Å². The molecule has 8 heteroatoms. The van der Waals surface area contributed by atoms with E-state index < -0.39 is 10.0 Å². The number of benzene rings is 1. The maximum Gasteiger partial charge on any atom is 0.265 e. The number of nitrogens with zero attached hydrogens (tertiary/aromatic N) is 2. The van der Waals surface area contributed by atoms with Crippen molar-refractivity contribution in [3.05, 3.63) is 18.2 Å². The van der Waals surface area contributed by atoms with Crippen LogP contribution in [-0.2, 0) is 19.6 Å². The van der Waals surface area contributed by atoms with Gasteiger partial charge in [-0.2, -0.15) is 4.31 Å². The van der Waals surface area contributed by atoms with Gasteiger partial charge in [0.05, 0.1) is 23.8 Å². The van der Waals surface area contributed by atoms with Gasteiger partial charge in [0.1, 0.15) is 5.75 Å². The number of anilines is 1. The molecule has 1 aromatic rings. The lowest BCUT2D eigenvalue weighted by atomic mass is 10.2. The number of rotatable bonds is 3. The standard InChI is InChI=1S/C14H18N2O5S/c1-2-16-12-9-11(3-4-13(12)21-10-14(16)17)22(18,19)15-5-7-20-8-6-15/h3-4,9H,2,5-8,10H2,1H3. The molecule has 0 saturated carbocycles. The highest BCUT2D eigenvalue weighted by molar-refractivity contribution is 7.89. The Labute approximate surface area is 129 Å². The van der Waals surface area contributed by atoms with Crippen LogP contribution in [0.2, 0.25) is 0 Å². The van der Waals surface area contributed by atoms with Crippen molar-refractivity contribution < 1.29 is 22.7 Å². The number of likely N-dealkylation sites (N-methyl/N-ethyl adjacent to an activating group) is 1. The molecule has 3 rings (SSSR count). The molecule has 0 atom stereocenters. The summed E-state index contributed by atoms with van der Waals surface area (Å²) >= 11 is 0. The lowest BCUT2D eigenvalue weighted by Crippen LogP contribution is -2.41. The quantitative estimate of drug-likeness (QED) is 0.806. The topological polar surface area (TPSA) is 76.2 Å². The van der Waals surface area contributed by atoms with Gasteiger partial charge >= 0.3 is 0 Å². The fourth-order valence-electron chi connectivity index (χ4n) is 2.63. The number of amides is 1. The molecule has 1 saturated heterocycles. The molecule has 120 valence electrons. The van der Waals surface area contributed by atoms with Crippen LogP contribution in [0.1, 0.15) is 6.92 Å². The first-order valence-electron chi connectivity index (χ1n) is 7.19. The molecule has 1 fully saturated rings. The molecule has 2 aliphatic heterocycles. The minimum Gasteiger partial charge on any atom is -0.482 e. The van der Waals surface area contributed by atoms with Crippen LogP contribution in [0.4, 0.5) is 5.69 Å². The Balaban J connectivity index is 1.99. The van der Waals surface area contributed by atoms with Gasteiger partial charge in [-0.1, -0.05) is 0 Å². The summed E-state index contributed by atoms with van der Waals surface area (Å²) in [6.45, 7) is 3.77. The predicted octanol–water partition coefficient (Wildman–Crippen LogP) is 0.453. The fraction of sp³-hybridized carbons (Fsp3) is 0.500. The van der Waals surface area contributed by atoms with E-state index in [1.165, 1.54) is 21.3 Å². The van der Waals surface area contributed by atoms with E-state index in [4.69, 9.17) is 9.47 Å². The Hall–Kier alpha value is -1.64. The molecule has 1 aromatic carbocycles. The number of sulfonamides is 1. The number of hydrogen-bond donors (Lipinski definition) is 0. The highest BCUT2D eigenvalue weighted by atomic mass is 32.2. The van der Waals surface area contributed by atoms with Crippen LogP contribution in [0.3, 0.4) is 0 Å². The Morgan fingerprint density at radius 1 is 1.23 bits per heavy atom. The molecule has 0 aliphatic carbocycles.